The van der Waals surface area contributed by atoms with Gasteiger partial charge in [0.25, 0.3) is 0 Å². The van der Waals surface area contributed by atoms with E-state index in [-0.39, 0.29) is 12.4 Å². The predicted molar refractivity (Wildman–Crippen MR) is 75.9 cm³/mol. The van der Waals surface area contributed by atoms with Crippen molar-refractivity contribution in [3.8, 4) is 0 Å². The van der Waals surface area contributed by atoms with Crippen molar-refractivity contribution >= 4 is 33.2 Å². The average Bonchev–Trinajstić information content (AvgIpc) is 2.72. The van der Waals surface area contributed by atoms with Crippen LogP contribution in [0.3, 0.4) is 0 Å². The summed E-state index contributed by atoms with van der Waals surface area (Å²) in [5, 5.41) is 9.68. The van der Waals surface area contributed by atoms with Gasteiger partial charge in [0.15, 0.2) is 0 Å². The molecule has 0 radical (unpaired) electrons. The molecule has 1 unspecified atom stereocenters. The van der Waals surface area contributed by atoms with E-state index in [9.17, 15) is 9.90 Å². The number of esters is 1. The maximum absolute atomic E-state index is 11.0. The number of rotatable bonds is 7. The van der Waals surface area contributed by atoms with Gasteiger partial charge < -0.3 is 14.7 Å². The molecule has 1 aromatic rings. The highest BCUT2D eigenvalue weighted by molar-refractivity contribution is 9.11. The Balaban J connectivity index is 2.24. The van der Waals surface area contributed by atoms with Gasteiger partial charge in [0, 0.05) is 18.0 Å². The lowest BCUT2D eigenvalue weighted by Gasteiger charge is -2.19. The number of methoxy groups -OCH3 is 1. The number of nitrogens with zero attached hydrogens (tertiary/aromatic N) is 1. The van der Waals surface area contributed by atoms with Crippen LogP contribution in [0.25, 0.3) is 0 Å². The molecular weight excluding hydrogens is 318 g/mol. The lowest BCUT2D eigenvalue weighted by molar-refractivity contribution is -0.143. The number of hydrogen-bond donors (Lipinski definition) is 1. The van der Waals surface area contributed by atoms with Gasteiger partial charge in [-0.15, -0.1) is 11.3 Å². The maximum Gasteiger partial charge on any atom is 0.308 e. The first-order chi connectivity index (χ1) is 8.51. The molecule has 0 spiro atoms. The van der Waals surface area contributed by atoms with Crippen LogP contribution in [0.2, 0.25) is 0 Å². The molecule has 0 saturated heterocycles. The van der Waals surface area contributed by atoms with Gasteiger partial charge >= 0.3 is 5.97 Å². The van der Waals surface area contributed by atoms with Crippen molar-refractivity contribution in [3.63, 3.8) is 0 Å². The molecule has 0 aliphatic carbocycles. The van der Waals surface area contributed by atoms with Gasteiger partial charge in [-0.2, -0.15) is 0 Å². The van der Waals surface area contributed by atoms with Gasteiger partial charge in [-0.25, -0.2) is 0 Å². The number of halogens is 1. The predicted octanol–water partition coefficient (Wildman–Crippen LogP) is 1.91. The molecule has 0 aromatic carbocycles. The summed E-state index contributed by atoms with van der Waals surface area (Å²) in [6, 6.07) is 4.12. The Bertz CT molecular complexity index is 383. The third-order valence-electron chi connectivity index (χ3n) is 2.52. The first-order valence-corrected chi connectivity index (χ1v) is 7.30. The second-order valence-corrected chi connectivity index (χ2v) is 6.70. The summed E-state index contributed by atoms with van der Waals surface area (Å²) >= 11 is 5.14. The van der Waals surface area contributed by atoms with E-state index in [0.717, 1.165) is 16.8 Å². The number of aliphatic hydroxyl groups is 1. The zero-order valence-corrected chi connectivity index (χ0v) is 13.0. The van der Waals surface area contributed by atoms with Crippen LogP contribution in [0.5, 0.6) is 0 Å². The Morgan fingerprint density at radius 1 is 1.61 bits per heavy atom. The fourth-order valence-corrected chi connectivity index (χ4v) is 3.05. The zero-order chi connectivity index (χ0) is 13.5. The van der Waals surface area contributed by atoms with Crippen LogP contribution < -0.4 is 0 Å². The Hall–Kier alpha value is -0.430. The second kappa shape index (κ2) is 7.89. The average molecular weight is 336 g/mol. The number of aliphatic hydroxyl groups excluding tert-OH is 1. The number of likely N-dealkylation sites (N-methyl/N-ethyl adjacent to an activating group) is 1. The first kappa shape index (κ1) is 15.6. The Kier molecular flexibility index (Phi) is 6.85. The Morgan fingerprint density at radius 3 is 2.89 bits per heavy atom. The summed E-state index contributed by atoms with van der Waals surface area (Å²) in [6.07, 6.45) is 0.320. The normalized spacial score (nSPS) is 12.7. The molecule has 18 heavy (non-hydrogen) atoms. The number of carbonyl (C=O) groups excluding carboxylic acids is 1. The third kappa shape index (κ3) is 5.95. The highest BCUT2D eigenvalue weighted by atomic mass is 79.9. The first-order valence-electron chi connectivity index (χ1n) is 5.69. The van der Waals surface area contributed by atoms with E-state index in [0.29, 0.717) is 6.54 Å². The summed E-state index contributed by atoms with van der Waals surface area (Å²) < 4.78 is 5.64. The highest BCUT2D eigenvalue weighted by Crippen LogP contribution is 2.22. The molecule has 102 valence electrons. The molecule has 4 nitrogen and oxygen atoms in total. The van der Waals surface area contributed by atoms with E-state index >= 15 is 0 Å². The molecule has 0 aliphatic heterocycles. The van der Waals surface area contributed by atoms with E-state index in [4.69, 9.17) is 0 Å². The Labute approximate surface area is 120 Å². The summed E-state index contributed by atoms with van der Waals surface area (Å²) in [5.41, 5.74) is 0. The fourth-order valence-electron chi connectivity index (χ4n) is 1.58. The molecule has 0 aliphatic rings. The Morgan fingerprint density at radius 2 is 2.33 bits per heavy atom. The van der Waals surface area contributed by atoms with Gasteiger partial charge in [-0.3, -0.25) is 4.79 Å². The third-order valence-corrected chi connectivity index (χ3v) is 4.20. The van der Waals surface area contributed by atoms with Crippen LogP contribution in [-0.4, -0.2) is 49.3 Å². The van der Waals surface area contributed by atoms with Crippen LogP contribution in [0.4, 0.5) is 0 Å². The van der Waals surface area contributed by atoms with Gasteiger partial charge in [-0.05, 0) is 41.5 Å². The van der Waals surface area contributed by atoms with E-state index in [2.05, 4.69) is 26.7 Å². The number of hydrogen-bond acceptors (Lipinski definition) is 5. The molecular formula is C12H18BrNO3S. The summed E-state index contributed by atoms with van der Waals surface area (Å²) in [6.45, 7) is 1.33. The van der Waals surface area contributed by atoms with E-state index in [1.807, 2.05) is 18.0 Å². The minimum absolute atomic E-state index is 0.0470. The van der Waals surface area contributed by atoms with E-state index < -0.39 is 6.10 Å². The molecule has 0 amide bonds. The highest BCUT2D eigenvalue weighted by Gasteiger charge is 2.13. The summed E-state index contributed by atoms with van der Waals surface area (Å²) in [7, 11) is 3.26. The van der Waals surface area contributed by atoms with Gasteiger partial charge in [0.05, 0.1) is 23.4 Å². The van der Waals surface area contributed by atoms with Crippen LogP contribution in [0, 0.1) is 0 Å². The number of ether oxygens (including phenoxy) is 1. The maximum atomic E-state index is 11.0. The van der Waals surface area contributed by atoms with E-state index in [1.165, 1.54) is 12.0 Å². The largest absolute Gasteiger partial charge is 0.469 e. The van der Waals surface area contributed by atoms with Crippen molar-refractivity contribution < 1.29 is 14.6 Å². The van der Waals surface area contributed by atoms with Crippen molar-refractivity contribution in [2.75, 3.05) is 27.2 Å². The molecule has 0 bridgehead atoms. The monoisotopic (exact) mass is 335 g/mol. The minimum Gasteiger partial charge on any atom is -0.469 e. The topological polar surface area (TPSA) is 49.8 Å². The molecule has 1 heterocycles. The molecule has 6 heteroatoms. The van der Waals surface area contributed by atoms with Crippen LogP contribution in [0.15, 0.2) is 15.9 Å². The molecule has 0 fully saturated rings. The standard InChI is InChI=1S/C12H18BrNO3S/c1-14(8-9(15)7-12(16)17-2)6-5-10-3-4-11(13)18-10/h3-4,9,15H,5-8H2,1-2H3. The quantitative estimate of drug-likeness (QED) is 0.773. The summed E-state index contributed by atoms with van der Waals surface area (Å²) in [5.74, 6) is -0.377. The van der Waals surface area contributed by atoms with Gasteiger partial charge in [-0.1, -0.05) is 0 Å². The summed E-state index contributed by atoms with van der Waals surface area (Å²) in [4.78, 5) is 14.3. The zero-order valence-electron chi connectivity index (χ0n) is 10.6. The smallest absolute Gasteiger partial charge is 0.308 e. The molecule has 1 N–H and O–H groups in total. The minimum atomic E-state index is -0.669. The SMILES string of the molecule is COC(=O)CC(O)CN(C)CCc1ccc(Br)s1. The molecule has 1 rings (SSSR count). The van der Waals surface area contributed by atoms with Gasteiger partial charge in [0.2, 0.25) is 0 Å². The second-order valence-electron chi connectivity index (χ2n) is 4.15. The van der Waals surface area contributed by atoms with Crippen LogP contribution >= 0.6 is 27.3 Å². The molecule has 1 atom stereocenters. The van der Waals surface area contributed by atoms with Crippen molar-refractivity contribution in [1.29, 1.82) is 0 Å². The number of carbonyl (C=O) groups is 1. The lowest BCUT2D eigenvalue weighted by atomic mass is 10.2. The molecule has 1 aromatic heterocycles. The van der Waals surface area contributed by atoms with Crippen molar-refractivity contribution in [2.45, 2.75) is 18.9 Å². The van der Waals surface area contributed by atoms with Gasteiger partial charge in [0.1, 0.15) is 0 Å². The van der Waals surface area contributed by atoms with Crippen molar-refractivity contribution in [1.82, 2.24) is 4.90 Å². The van der Waals surface area contributed by atoms with E-state index in [1.54, 1.807) is 11.3 Å². The fraction of sp³-hybridized carbons (Fsp3) is 0.583. The molecule has 0 saturated carbocycles. The lowest BCUT2D eigenvalue weighted by Crippen LogP contribution is -2.32. The van der Waals surface area contributed by atoms with Crippen molar-refractivity contribution in [2.24, 2.45) is 0 Å². The number of thiophene rings is 1. The van der Waals surface area contributed by atoms with Crippen LogP contribution in [0.1, 0.15) is 11.3 Å². The van der Waals surface area contributed by atoms with Crippen molar-refractivity contribution in [3.05, 3.63) is 20.8 Å². The van der Waals surface area contributed by atoms with Crippen LogP contribution in [-0.2, 0) is 16.0 Å².